The van der Waals surface area contributed by atoms with Crippen LogP contribution in [0.15, 0.2) is 73.1 Å². The third kappa shape index (κ3) is 7.24. The van der Waals surface area contributed by atoms with Gasteiger partial charge in [-0.05, 0) is 78.9 Å². The van der Waals surface area contributed by atoms with Crippen molar-refractivity contribution in [3.63, 3.8) is 0 Å². The zero-order valence-electron chi connectivity index (χ0n) is 25.7. The van der Waals surface area contributed by atoms with E-state index in [4.69, 9.17) is 0 Å². The largest absolute Gasteiger partial charge is 0.453 e. The topological polar surface area (TPSA) is 128 Å². The number of ether oxygens (including phenoxy) is 1. The van der Waals surface area contributed by atoms with Crippen molar-refractivity contribution >= 4 is 22.8 Å². The summed E-state index contributed by atoms with van der Waals surface area (Å²) in [6, 6.07) is 22.1. The quantitative estimate of drug-likeness (QED) is 0.140. The number of hydrogen-bond acceptors (Lipinski definition) is 6. The van der Waals surface area contributed by atoms with E-state index in [-0.39, 0.29) is 12.5 Å². The fraction of sp³-hybridized carbons (Fsp3) is 0.314. The Labute approximate surface area is 262 Å². The molecule has 1 fully saturated rings. The Bertz CT molecular complexity index is 1780. The van der Waals surface area contributed by atoms with E-state index in [1.165, 1.54) is 35.4 Å². The average Bonchev–Trinajstić information content (AvgIpc) is 3.84. The Balaban J connectivity index is 1.03. The molecule has 1 aliphatic heterocycles. The number of carbonyl (C=O) groups is 2. The van der Waals surface area contributed by atoms with Crippen LogP contribution in [0.5, 0.6) is 0 Å². The molecule has 1 aliphatic rings. The molecule has 1 unspecified atom stereocenters. The minimum Gasteiger partial charge on any atom is -0.453 e. The van der Waals surface area contributed by atoms with E-state index < -0.39 is 6.09 Å². The summed E-state index contributed by atoms with van der Waals surface area (Å²) in [7, 11) is 3.43. The molecule has 10 nitrogen and oxygen atoms in total. The maximum Gasteiger partial charge on any atom is 0.407 e. The molecule has 0 radical (unpaired) electrons. The summed E-state index contributed by atoms with van der Waals surface area (Å²) in [6.45, 7) is 1.56. The molecule has 45 heavy (non-hydrogen) atoms. The Kier molecular flexibility index (Phi) is 9.21. The highest BCUT2D eigenvalue weighted by atomic mass is 16.5. The fourth-order valence-corrected chi connectivity index (χ4v) is 5.91. The van der Waals surface area contributed by atoms with Crippen molar-refractivity contribution in [2.24, 2.45) is 0 Å². The number of fused-ring (bicyclic) bond motifs is 1. The smallest absolute Gasteiger partial charge is 0.407 e. The van der Waals surface area contributed by atoms with Crippen LogP contribution in [0.2, 0.25) is 0 Å². The number of carbonyl (C=O) groups excluding carboxylic acids is 2. The van der Waals surface area contributed by atoms with Crippen molar-refractivity contribution in [3.05, 3.63) is 84.7 Å². The van der Waals surface area contributed by atoms with E-state index >= 15 is 0 Å². The molecule has 232 valence electrons. The van der Waals surface area contributed by atoms with E-state index in [9.17, 15) is 9.59 Å². The Morgan fingerprint density at radius 1 is 0.867 bits per heavy atom. The number of hydrogen-bond donors (Lipinski definition) is 4. The first-order valence-corrected chi connectivity index (χ1v) is 15.5. The first-order valence-electron chi connectivity index (χ1n) is 15.5. The Morgan fingerprint density at radius 3 is 2.31 bits per heavy atom. The van der Waals surface area contributed by atoms with Crippen LogP contribution in [0.3, 0.4) is 0 Å². The number of aromatic amines is 2. The zero-order valence-corrected chi connectivity index (χ0v) is 25.7. The van der Waals surface area contributed by atoms with Crippen LogP contribution >= 0.6 is 0 Å². The molecule has 0 spiro atoms. The van der Waals surface area contributed by atoms with Crippen molar-refractivity contribution in [3.8, 4) is 33.6 Å². The highest BCUT2D eigenvalue weighted by Crippen LogP contribution is 2.32. The number of aryl methyl sites for hydroxylation is 1. The van der Waals surface area contributed by atoms with E-state index in [1.54, 1.807) is 0 Å². The van der Waals surface area contributed by atoms with Gasteiger partial charge in [0.2, 0.25) is 5.91 Å². The minimum atomic E-state index is -0.622. The summed E-state index contributed by atoms with van der Waals surface area (Å²) in [4.78, 5) is 41.4. The molecule has 5 aromatic rings. The fourth-order valence-electron chi connectivity index (χ4n) is 5.91. The standard InChI is InChI=1S/C35H39N7O3/c1-42-17-5-6-31(42)34-38-21-29(41-34)24-10-8-23(9-11-24)25-12-13-27-19-28(15-14-26(27)18-25)30-20-37-32(40-30)7-3-4-16-36-33(43)22-39-35(44)45-2/h8-15,18-21,31H,3-7,16-17,22H2,1-2H3,(H,36,43)(H,37,40)(H,38,41)(H,39,44). The normalized spacial score (nSPS) is 14.9. The SMILES string of the molecule is COC(=O)NCC(=O)NCCCCc1ncc(-c2ccc3cc(-c4ccc(-c5cnc(C6CCCN6C)[nH]5)cc4)ccc3c2)[nH]1. The third-order valence-electron chi connectivity index (χ3n) is 8.48. The first-order chi connectivity index (χ1) is 22.0. The third-order valence-corrected chi connectivity index (χ3v) is 8.48. The lowest BCUT2D eigenvalue weighted by Crippen LogP contribution is -2.37. The van der Waals surface area contributed by atoms with Gasteiger partial charge in [0.05, 0.1) is 43.5 Å². The highest BCUT2D eigenvalue weighted by molar-refractivity contribution is 5.90. The van der Waals surface area contributed by atoms with Crippen LogP contribution in [0.25, 0.3) is 44.4 Å². The molecule has 2 amide bonds. The number of likely N-dealkylation sites (tertiary alicyclic amines) is 1. The number of methoxy groups -OCH3 is 1. The molecule has 10 heteroatoms. The average molecular weight is 606 g/mol. The van der Waals surface area contributed by atoms with Gasteiger partial charge in [0.25, 0.3) is 0 Å². The number of benzene rings is 3. The van der Waals surface area contributed by atoms with Crippen molar-refractivity contribution < 1.29 is 14.3 Å². The van der Waals surface area contributed by atoms with E-state index in [0.29, 0.717) is 12.6 Å². The van der Waals surface area contributed by atoms with Crippen LogP contribution in [0.1, 0.15) is 43.4 Å². The molecular weight excluding hydrogens is 566 g/mol. The number of aromatic nitrogens is 4. The molecule has 6 rings (SSSR count). The van der Waals surface area contributed by atoms with Crippen LogP contribution in [0.4, 0.5) is 4.79 Å². The summed E-state index contributed by atoms with van der Waals surface area (Å²) < 4.78 is 4.45. The predicted octanol–water partition coefficient (Wildman–Crippen LogP) is 5.85. The second kappa shape index (κ2) is 13.8. The van der Waals surface area contributed by atoms with Crippen molar-refractivity contribution in [1.29, 1.82) is 0 Å². The van der Waals surface area contributed by atoms with Crippen LogP contribution in [-0.4, -0.2) is 70.6 Å². The lowest BCUT2D eigenvalue weighted by molar-refractivity contribution is -0.120. The number of imidazole rings is 2. The lowest BCUT2D eigenvalue weighted by atomic mass is 9.98. The van der Waals surface area contributed by atoms with Gasteiger partial charge in [-0.3, -0.25) is 9.69 Å². The van der Waals surface area contributed by atoms with Gasteiger partial charge in [0.15, 0.2) is 0 Å². The number of alkyl carbamates (subject to hydrolysis) is 1. The maximum absolute atomic E-state index is 11.7. The van der Waals surface area contributed by atoms with Gasteiger partial charge in [-0.2, -0.15) is 0 Å². The molecular formula is C35H39N7O3. The number of rotatable bonds is 11. The van der Waals surface area contributed by atoms with Gasteiger partial charge in [0.1, 0.15) is 11.6 Å². The molecule has 0 aliphatic carbocycles. The number of nitrogens with one attached hydrogen (secondary N) is 4. The molecule has 0 saturated carbocycles. The van der Waals surface area contributed by atoms with Crippen molar-refractivity contribution in [1.82, 2.24) is 35.5 Å². The maximum atomic E-state index is 11.7. The van der Waals surface area contributed by atoms with Gasteiger partial charge in [-0.15, -0.1) is 0 Å². The Morgan fingerprint density at radius 2 is 1.56 bits per heavy atom. The number of H-pyrrole nitrogens is 2. The predicted molar refractivity (Wildman–Crippen MR) is 176 cm³/mol. The van der Waals surface area contributed by atoms with Crippen molar-refractivity contribution in [2.45, 2.75) is 38.1 Å². The van der Waals surface area contributed by atoms with Gasteiger partial charge in [-0.25, -0.2) is 14.8 Å². The molecule has 2 aromatic heterocycles. The van der Waals surface area contributed by atoms with Gasteiger partial charge in [0, 0.05) is 18.5 Å². The van der Waals surface area contributed by atoms with Gasteiger partial charge in [-0.1, -0.05) is 48.5 Å². The number of amides is 2. The zero-order chi connectivity index (χ0) is 31.2. The molecule has 3 heterocycles. The molecule has 0 bridgehead atoms. The lowest BCUT2D eigenvalue weighted by Gasteiger charge is -2.16. The van der Waals surface area contributed by atoms with Crippen LogP contribution in [-0.2, 0) is 16.0 Å². The van der Waals surface area contributed by atoms with Crippen molar-refractivity contribution in [2.75, 3.05) is 33.8 Å². The second-order valence-corrected chi connectivity index (χ2v) is 11.6. The highest BCUT2D eigenvalue weighted by Gasteiger charge is 2.25. The van der Waals surface area contributed by atoms with Gasteiger partial charge >= 0.3 is 6.09 Å². The second-order valence-electron chi connectivity index (χ2n) is 11.6. The molecule has 1 saturated heterocycles. The summed E-state index contributed by atoms with van der Waals surface area (Å²) in [5.74, 6) is 1.73. The van der Waals surface area contributed by atoms with E-state index in [2.05, 4.69) is 108 Å². The molecule has 3 aromatic carbocycles. The Hall–Kier alpha value is -4.96. The summed E-state index contributed by atoms with van der Waals surface area (Å²) in [6.07, 6.45) is 8.04. The first kappa shape index (κ1) is 30.1. The minimum absolute atomic E-state index is 0.0968. The molecule has 4 N–H and O–H groups in total. The van der Waals surface area contributed by atoms with Crippen LogP contribution in [0, 0.1) is 0 Å². The summed E-state index contributed by atoms with van der Waals surface area (Å²) in [5, 5.41) is 7.50. The summed E-state index contributed by atoms with van der Waals surface area (Å²) in [5.41, 5.74) is 6.62. The molecule has 1 atom stereocenters. The number of nitrogens with zero attached hydrogens (tertiary/aromatic N) is 3. The number of unbranched alkanes of at least 4 members (excludes halogenated alkanes) is 1. The summed E-state index contributed by atoms with van der Waals surface area (Å²) >= 11 is 0. The monoisotopic (exact) mass is 605 g/mol. The van der Waals surface area contributed by atoms with E-state index in [0.717, 1.165) is 66.4 Å². The van der Waals surface area contributed by atoms with Gasteiger partial charge < -0.3 is 25.3 Å². The van der Waals surface area contributed by atoms with Crippen LogP contribution < -0.4 is 10.6 Å². The van der Waals surface area contributed by atoms with E-state index in [1.807, 2.05) is 12.4 Å².